The van der Waals surface area contributed by atoms with E-state index in [-0.39, 0.29) is 17.2 Å². The van der Waals surface area contributed by atoms with Gasteiger partial charge in [0.1, 0.15) is 11.3 Å². The second-order valence-electron chi connectivity index (χ2n) is 5.97. The molecule has 0 aliphatic rings. The van der Waals surface area contributed by atoms with Gasteiger partial charge < -0.3 is 14.5 Å². The van der Waals surface area contributed by atoms with Crippen LogP contribution in [0.2, 0.25) is 0 Å². The Balaban J connectivity index is 2.87. The number of carbonyl (C=O) groups is 2. The van der Waals surface area contributed by atoms with Crippen LogP contribution in [-0.2, 0) is 9.53 Å². The van der Waals surface area contributed by atoms with Crippen LogP contribution in [0.1, 0.15) is 49.4 Å². The van der Waals surface area contributed by atoms with E-state index < -0.39 is 23.2 Å². The number of nitrogens with one attached hydrogen (secondary N) is 1. The summed E-state index contributed by atoms with van der Waals surface area (Å²) in [5.41, 5.74) is -0.314. The van der Waals surface area contributed by atoms with Gasteiger partial charge in [0.05, 0.1) is 0 Å². The van der Waals surface area contributed by atoms with Gasteiger partial charge in [0.15, 0.2) is 6.10 Å². The van der Waals surface area contributed by atoms with Crippen LogP contribution in [0.15, 0.2) is 15.3 Å². The molecule has 21 heavy (non-hydrogen) atoms. The highest BCUT2D eigenvalue weighted by molar-refractivity contribution is 5.94. The van der Waals surface area contributed by atoms with Crippen LogP contribution in [0.5, 0.6) is 0 Å². The zero-order valence-corrected chi connectivity index (χ0v) is 13.2. The number of rotatable bonds is 3. The Bertz CT molecular complexity index is 583. The Hall–Kier alpha value is -2.11. The molecule has 0 aromatic carbocycles. The minimum Gasteiger partial charge on any atom is -0.449 e. The molecule has 6 nitrogen and oxygen atoms in total. The van der Waals surface area contributed by atoms with Crippen LogP contribution in [0.3, 0.4) is 0 Å². The van der Waals surface area contributed by atoms with Crippen LogP contribution < -0.4 is 10.9 Å². The SMILES string of the molecule is Cc1cc(=O)oc(C)c1C(=O)O[C@H](C)C(=O)NC(C)(C)C. The van der Waals surface area contributed by atoms with Crippen LogP contribution >= 0.6 is 0 Å². The van der Waals surface area contributed by atoms with Crippen molar-refractivity contribution < 1.29 is 18.7 Å². The number of hydrogen-bond acceptors (Lipinski definition) is 5. The Morgan fingerprint density at radius 2 is 1.86 bits per heavy atom. The molecule has 1 aromatic heterocycles. The second kappa shape index (κ2) is 6.11. The molecule has 1 N–H and O–H groups in total. The highest BCUT2D eigenvalue weighted by Crippen LogP contribution is 2.13. The third kappa shape index (κ3) is 4.73. The summed E-state index contributed by atoms with van der Waals surface area (Å²) in [5.74, 6) is -0.901. The van der Waals surface area contributed by atoms with E-state index in [1.54, 1.807) is 6.92 Å². The van der Waals surface area contributed by atoms with Gasteiger partial charge in [-0.05, 0) is 47.1 Å². The predicted octanol–water partition coefficient (Wildman–Crippen LogP) is 1.72. The van der Waals surface area contributed by atoms with Crippen molar-refractivity contribution in [2.45, 2.75) is 53.2 Å². The van der Waals surface area contributed by atoms with Crippen molar-refractivity contribution in [2.24, 2.45) is 0 Å². The van der Waals surface area contributed by atoms with E-state index in [2.05, 4.69) is 5.32 Å². The lowest BCUT2D eigenvalue weighted by molar-refractivity contribution is -0.130. The maximum absolute atomic E-state index is 12.1. The largest absolute Gasteiger partial charge is 0.449 e. The first-order valence-electron chi connectivity index (χ1n) is 6.65. The van der Waals surface area contributed by atoms with Crippen molar-refractivity contribution in [1.82, 2.24) is 5.32 Å². The minimum atomic E-state index is -0.942. The van der Waals surface area contributed by atoms with Crippen molar-refractivity contribution in [2.75, 3.05) is 0 Å². The lowest BCUT2D eigenvalue weighted by Gasteiger charge is -2.23. The quantitative estimate of drug-likeness (QED) is 0.858. The zero-order valence-electron chi connectivity index (χ0n) is 13.2. The highest BCUT2D eigenvalue weighted by Gasteiger charge is 2.25. The van der Waals surface area contributed by atoms with Gasteiger partial charge in [0, 0.05) is 11.6 Å². The smallest absolute Gasteiger partial charge is 0.342 e. The molecule has 1 atom stereocenters. The molecule has 0 unspecified atom stereocenters. The molecular weight excluding hydrogens is 274 g/mol. The minimum absolute atomic E-state index is 0.171. The molecule has 1 rings (SSSR count). The molecule has 0 spiro atoms. The maximum atomic E-state index is 12.1. The molecule has 1 aromatic rings. The van der Waals surface area contributed by atoms with Crippen LogP contribution in [0.4, 0.5) is 0 Å². The van der Waals surface area contributed by atoms with Gasteiger partial charge in [0.2, 0.25) is 0 Å². The Morgan fingerprint density at radius 3 is 2.33 bits per heavy atom. The molecule has 0 aliphatic carbocycles. The average Bonchev–Trinajstić information content (AvgIpc) is 2.24. The summed E-state index contributed by atoms with van der Waals surface area (Å²) in [4.78, 5) is 35.2. The number of aryl methyl sites for hydroxylation is 2. The van der Waals surface area contributed by atoms with Gasteiger partial charge in [-0.1, -0.05) is 0 Å². The van der Waals surface area contributed by atoms with E-state index in [0.717, 1.165) is 0 Å². The van der Waals surface area contributed by atoms with Crippen LogP contribution in [0, 0.1) is 13.8 Å². The Labute approximate surface area is 123 Å². The molecule has 0 aliphatic heterocycles. The van der Waals surface area contributed by atoms with Crippen molar-refractivity contribution in [3.05, 3.63) is 33.4 Å². The van der Waals surface area contributed by atoms with E-state index in [9.17, 15) is 14.4 Å². The van der Waals surface area contributed by atoms with Crippen molar-refractivity contribution in [3.8, 4) is 0 Å². The molecule has 0 radical (unpaired) electrons. The molecule has 0 bridgehead atoms. The van der Waals surface area contributed by atoms with E-state index in [4.69, 9.17) is 9.15 Å². The van der Waals surface area contributed by atoms with E-state index in [1.165, 1.54) is 19.9 Å². The number of ether oxygens (including phenoxy) is 1. The zero-order chi connectivity index (χ0) is 16.4. The fraction of sp³-hybridized carbons (Fsp3) is 0.533. The number of hydrogen-bond donors (Lipinski definition) is 1. The summed E-state index contributed by atoms with van der Waals surface area (Å²) >= 11 is 0. The average molecular weight is 295 g/mol. The van der Waals surface area contributed by atoms with Gasteiger partial charge in [-0.25, -0.2) is 9.59 Å². The summed E-state index contributed by atoms with van der Waals surface area (Å²) < 4.78 is 10.0. The van der Waals surface area contributed by atoms with Crippen LogP contribution in [0.25, 0.3) is 0 Å². The monoisotopic (exact) mass is 295 g/mol. The fourth-order valence-corrected chi connectivity index (χ4v) is 1.81. The van der Waals surface area contributed by atoms with Crippen molar-refractivity contribution >= 4 is 11.9 Å². The predicted molar refractivity (Wildman–Crippen MR) is 77.2 cm³/mol. The number of carbonyl (C=O) groups excluding carboxylic acids is 2. The summed E-state index contributed by atoms with van der Waals surface area (Å²) in [6.07, 6.45) is -0.942. The summed E-state index contributed by atoms with van der Waals surface area (Å²) in [7, 11) is 0. The third-order valence-electron chi connectivity index (χ3n) is 2.69. The Morgan fingerprint density at radius 1 is 1.29 bits per heavy atom. The molecule has 0 fully saturated rings. The molecule has 0 saturated heterocycles. The van der Waals surface area contributed by atoms with E-state index >= 15 is 0 Å². The van der Waals surface area contributed by atoms with Crippen LogP contribution in [-0.4, -0.2) is 23.5 Å². The van der Waals surface area contributed by atoms with Gasteiger partial charge in [-0.3, -0.25) is 4.79 Å². The second-order valence-corrected chi connectivity index (χ2v) is 5.97. The van der Waals surface area contributed by atoms with Gasteiger partial charge >= 0.3 is 11.6 Å². The standard InChI is InChI=1S/C15H21NO5/c1-8-7-11(17)20-9(2)12(8)14(19)21-10(3)13(18)16-15(4,5)6/h7,10H,1-6H3,(H,16,18)/t10-/m1/s1. The lowest BCUT2D eigenvalue weighted by atomic mass is 10.1. The molecule has 6 heteroatoms. The van der Waals surface area contributed by atoms with Gasteiger partial charge in [-0.2, -0.15) is 0 Å². The molecule has 1 amide bonds. The first-order chi connectivity index (χ1) is 9.51. The number of amides is 1. The maximum Gasteiger partial charge on any atom is 0.342 e. The van der Waals surface area contributed by atoms with E-state index in [0.29, 0.717) is 5.56 Å². The first kappa shape index (κ1) is 16.9. The number of esters is 1. The third-order valence-corrected chi connectivity index (χ3v) is 2.69. The normalized spacial score (nSPS) is 12.7. The lowest BCUT2D eigenvalue weighted by Crippen LogP contribution is -2.46. The molecule has 116 valence electrons. The summed E-state index contributed by atoms with van der Waals surface area (Å²) in [6, 6.07) is 1.21. The van der Waals surface area contributed by atoms with Crippen molar-refractivity contribution in [1.29, 1.82) is 0 Å². The molecule has 1 heterocycles. The topological polar surface area (TPSA) is 85.6 Å². The summed E-state index contributed by atoms with van der Waals surface area (Å²) in [6.45, 7) is 10.1. The van der Waals surface area contributed by atoms with Gasteiger partial charge in [-0.15, -0.1) is 0 Å². The van der Waals surface area contributed by atoms with Crippen molar-refractivity contribution in [3.63, 3.8) is 0 Å². The Kier molecular flexibility index (Phi) is 4.93. The van der Waals surface area contributed by atoms with E-state index in [1.807, 2.05) is 20.8 Å². The van der Waals surface area contributed by atoms with Gasteiger partial charge in [0.25, 0.3) is 5.91 Å². The first-order valence-corrected chi connectivity index (χ1v) is 6.65. The highest BCUT2D eigenvalue weighted by atomic mass is 16.5. The fourth-order valence-electron chi connectivity index (χ4n) is 1.81. The molecule has 0 saturated carbocycles. The molecular formula is C15H21NO5. The summed E-state index contributed by atoms with van der Waals surface area (Å²) in [5, 5.41) is 2.72.